The van der Waals surface area contributed by atoms with E-state index in [4.69, 9.17) is 11.6 Å². The number of halogens is 1. The number of nitrogens with one attached hydrogen (secondary N) is 2. The standard InChI is InChI=1S/C19H28ClN5O2/c1-11-19(20)15(23-22-11)10-24-8-13-6-14(9-24)17(7-21-12(2)26)25-16(13)4-3-5-18(25)27/h13-14,16-17H,3-10H2,1-2H3,(H,21,26)(H,22,23)/t13-,14+,16+,17+/m1/s1. The van der Waals surface area contributed by atoms with E-state index < -0.39 is 0 Å². The molecule has 0 saturated carbocycles. The Hall–Kier alpha value is -1.60. The van der Waals surface area contributed by atoms with Gasteiger partial charge in [0.05, 0.1) is 22.5 Å². The highest BCUT2D eigenvalue weighted by molar-refractivity contribution is 6.31. The average molecular weight is 394 g/mol. The number of carbonyl (C=O) groups excluding carboxylic acids is 2. The quantitative estimate of drug-likeness (QED) is 0.815. The van der Waals surface area contributed by atoms with Crippen molar-refractivity contribution in [3.05, 3.63) is 16.4 Å². The molecular formula is C19H28ClN5O2. The monoisotopic (exact) mass is 393 g/mol. The van der Waals surface area contributed by atoms with E-state index in [1.165, 1.54) is 6.92 Å². The average Bonchev–Trinajstić information content (AvgIpc) is 2.94. The van der Waals surface area contributed by atoms with Crippen molar-refractivity contribution >= 4 is 23.4 Å². The summed E-state index contributed by atoms with van der Waals surface area (Å²) >= 11 is 6.37. The summed E-state index contributed by atoms with van der Waals surface area (Å²) in [7, 11) is 0. The maximum atomic E-state index is 12.7. The van der Waals surface area contributed by atoms with Crippen molar-refractivity contribution in [3.8, 4) is 0 Å². The normalized spacial score (nSPS) is 30.9. The van der Waals surface area contributed by atoms with Crippen molar-refractivity contribution in [2.45, 2.75) is 58.2 Å². The van der Waals surface area contributed by atoms with Gasteiger partial charge in [-0.05, 0) is 38.0 Å². The van der Waals surface area contributed by atoms with Crippen molar-refractivity contribution in [1.82, 2.24) is 25.3 Å². The Bertz CT molecular complexity index is 736. The Morgan fingerprint density at radius 1 is 1.37 bits per heavy atom. The van der Waals surface area contributed by atoms with Crippen LogP contribution in [0.5, 0.6) is 0 Å². The molecule has 27 heavy (non-hydrogen) atoms. The molecule has 1 aromatic rings. The minimum absolute atomic E-state index is 0.0374. The zero-order valence-corrected chi connectivity index (χ0v) is 16.8. The second-order valence-corrected chi connectivity index (χ2v) is 8.70. The topological polar surface area (TPSA) is 81.3 Å². The summed E-state index contributed by atoms with van der Waals surface area (Å²) in [5, 5.41) is 11.0. The molecule has 0 spiro atoms. The zero-order valence-electron chi connectivity index (χ0n) is 16.0. The van der Waals surface area contributed by atoms with Gasteiger partial charge in [0.25, 0.3) is 0 Å². The summed E-state index contributed by atoms with van der Waals surface area (Å²) in [6, 6.07) is 0.377. The fourth-order valence-electron chi connectivity index (χ4n) is 5.29. The van der Waals surface area contributed by atoms with Crippen LogP contribution in [0.2, 0.25) is 5.02 Å². The maximum absolute atomic E-state index is 12.7. The highest BCUT2D eigenvalue weighted by atomic mass is 35.5. The third-order valence-electron chi connectivity index (χ3n) is 6.45. The van der Waals surface area contributed by atoms with Gasteiger partial charge >= 0.3 is 0 Å². The van der Waals surface area contributed by atoms with E-state index in [2.05, 4.69) is 25.3 Å². The number of piperidine rings is 3. The number of nitrogens with zero attached hydrogens (tertiary/aromatic N) is 3. The molecule has 7 nitrogen and oxygen atoms in total. The number of aromatic amines is 1. The van der Waals surface area contributed by atoms with Crippen molar-refractivity contribution in [2.24, 2.45) is 11.8 Å². The third kappa shape index (κ3) is 3.59. The molecule has 2 amide bonds. The van der Waals surface area contributed by atoms with Crippen molar-refractivity contribution in [2.75, 3.05) is 19.6 Å². The highest BCUT2D eigenvalue weighted by Crippen LogP contribution is 2.41. The Morgan fingerprint density at radius 2 is 2.15 bits per heavy atom. The van der Waals surface area contributed by atoms with E-state index in [-0.39, 0.29) is 17.9 Å². The lowest BCUT2D eigenvalue weighted by Gasteiger charge is -2.56. The first-order chi connectivity index (χ1) is 12.9. The van der Waals surface area contributed by atoms with Gasteiger partial charge < -0.3 is 10.2 Å². The van der Waals surface area contributed by atoms with Crippen LogP contribution in [0.3, 0.4) is 0 Å². The molecule has 3 fully saturated rings. The third-order valence-corrected chi connectivity index (χ3v) is 6.95. The summed E-state index contributed by atoms with van der Waals surface area (Å²) in [4.78, 5) is 28.8. The number of likely N-dealkylation sites (tertiary alicyclic amines) is 1. The van der Waals surface area contributed by atoms with Gasteiger partial charge in [-0.15, -0.1) is 0 Å². The van der Waals surface area contributed by atoms with Crippen LogP contribution in [-0.4, -0.2) is 63.5 Å². The molecule has 148 valence electrons. The molecule has 3 aliphatic rings. The Labute approximate surface area is 164 Å². The number of rotatable bonds is 4. The van der Waals surface area contributed by atoms with Gasteiger partial charge in [-0.2, -0.15) is 5.10 Å². The molecule has 4 atom stereocenters. The lowest BCUT2D eigenvalue weighted by atomic mass is 9.72. The van der Waals surface area contributed by atoms with Crippen molar-refractivity contribution < 1.29 is 9.59 Å². The fraction of sp³-hybridized carbons (Fsp3) is 0.737. The van der Waals surface area contributed by atoms with Crippen LogP contribution in [-0.2, 0) is 16.1 Å². The lowest BCUT2D eigenvalue weighted by Crippen LogP contribution is -2.66. The van der Waals surface area contributed by atoms with Crippen LogP contribution in [0.1, 0.15) is 44.0 Å². The van der Waals surface area contributed by atoms with Crippen LogP contribution in [0, 0.1) is 18.8 Å². The minimum atomic E-state index is -0.0374. The fourth-order valence-corrected chi connectivity index (χ4v) is 5.44. The Morgan fingerprint density at radius 3 is 2.85 bits per heavy atom. The smallest absolute Gasteiger partial charge is 0.223 e. The Balaban J connectivity index is 1.55. The largest absolute Gasteiger partial charge is 0.354 e. The number of H-pyrrole nitrogens is 1. The number of amides is 2. The van der Waals surface area contributed by atoms with E-state index in [1.807, 2.05) is 6.92 Å². The van der Waals surface area contributed by atoms with Crippen LogP contribution < -0.4 is 5.32 Å². The van der Waals surface area contributed by atoms with Gasteiger partial charge in [0.2, 0.25) is 11.8 Å². The van der Waals surface area contributed by atoms with E-state index in [1.54, 1.807) is 0 Å². The summed E-state index contributed by atoms with van der Waals surface area (Å²) in [6.07, 6.45) is 3.80. The first kappa shape index (κ1) is 18.7. The molecule has 8 heteroatoms. The van der Waals surface area contributed by atoms with Crippen LogP contribution in [0.25, 0.3) is 0 Å². The second-order valence-electron chi connectivity index (χ2n) is 8.32. The summed E-state index contributed by atoms with van der Waals surface area (Å²) in [6.45, 7) is 6.61. The molecule has 4 rings (SSSR count). The molecule has 0 radical (unpaired) electrons. The predicted octanol–water partition coefficient (Wildman–Crippen LogP) is 1.71. The summed E-state index contributed by atoms with van der Waals surface area (Å²) in [5.74, 6) is 1.08. The van der Waals surface area contributed by atoms with Gasteiger partial charge in [0.15, 0.2) is 0 Å². The Kier molecular flexibility index (Phi) is 5.16. The minimum Gasteiger partial charge on any atom is -0.354 e. The van der Waals surface area contributed by atoms with E-state index in [0.717, 1.165) is 55.3 Å². The SMILES string of the molecule is CC(=O)NC[C@H]1[C@H]2C[C@H](CN(Cc3n[nH]c(C)c3Cl)C2)[C@@H]2CCCC(=O)N21. The van der Waals surface area contributed by atoms with E-state index in [9.17, 15) is 9.59 Å². The summed E-state index contributed by atoms with van der Waals surface area (Å²) in [5.41, 5.74) is 1.79. The number of fused-ring (bicyclic) bond motifs is 4. The van der Waals surface area contributed by atoms with Gasteiger partial charge in [0.1, 0.15) is 0 Å². The molecule has 0 aliphatic carbocycles. The van der Waals surface area contributed by atoms with Crippen molar-refractivity contribution in [3.63, 3.8) is 0 Å². The zero-order chi connectivity index (χ0) is 19.1. The molecule has 3 saturated heterocycles. The van der Waals surface area contributed by atoms with Gasteiger partial charge in [-0.3, -0.25) is 19.6 Å². The van der Waals surface area contributed by atoms with Crippen LogP contribution in [0.4, 0.5) is 0 Å². The van der Waals surface area contributed by atoms with E-state index in [0.29, 0.717) is 30.8 Å². The van der Waals surface area contributed by atoms with Gasteiger partial charge in [-0.25, -0.2) is 0 Å². The van der Waals surface area contributed by atoms with Crippen LogP contribution in [0.15, 0.2) is 0 Å². The predicted molar refractivity (Wildman–Crippen MR) is 102 cm³/mol. The maximum Gasteiger partial charge on any atom is 0.223 e. The molecule has 1 aromatic heterocycles. The first-order valence-electron chi connectivity index (χ1n) is 9.91. The van der Waals surface area contributed by atoms with Gasteiger partial charge in [-0.1, -0.05) is 11.6 Å². The number of hydrogen-bond acceptors (Lipinski definition) is 4. The van der Waals surface area contributed by atoms with Crippen molar-refractivity contribution in [1.29, 1.82) is 0 Å². The molecule has 4 heterocycles. The molecule has 0 aromatic carbocycles. The molecule has 3 aliphatic heterocycles. The molecular weight excluding hydrogens is 366 g/mol. The first-order valence-corrected chi connectivity index (χ1v) is 10.3. The summed E-state index contributed by atoms with van der Waals surface area (Å²) < 4.78 is 0. The number of aromatic nitrogens is 2. The highest BCUT2D eigenvalue weighted by Gasteiger charge is 2.49. The second kappa shape index (κ2) is 7.43. The molecule has 0 unspecified atom stereocenters. The lowest BCUT2D eigenvalue weighted by molar-refractivity contribution is -0.153. The van der Waals surface area contributed by atoms with Crippen LogP contribution >= 0.6 is 11.6 Å². The number of carbonyl (C=O) groups is 2. The van der Waals surface area contributed by atoms with E-state index >= 15 is 0 Å². The number of hydrogen-bond donors (Lipinski definition) is 2. The number of aryl methyl sites for hydroxylation is 1. The van der Waals surface area contributed by atoms with Gasteiger partial charge in [0, 0.05) is 45.6 Å². The molecule has 2 N–H and O–H groups in total. The molecule has 2 bridgehead atoms.